The lowest BCUT2D eigenvalue weighted by Crippen LogP contribution is -2.37. The molecule has 0 fully saturated rings. The van der Waals surface area contributed by atoms with E-state index in [0.29, 0.717) is 13.0 Å². The minimum absolute atomic E-state index is 0.0605. The summed E-state index contributed by atoms with van der Waals surface area (Å²) in [6, 6.07) is 7.90. The highest BCUT2D eigenvalue weighted by atomic mass is 32.2. The molecule has 0 aromatic heterocycles. The van der Waals surface area contributed by atoms with Gasteiger partial charge >= 0.3 is 0 Å². The van der Waals surface area contributed by atoms with E-state index in [1.54, 1.807) is 7.05 Å². The second kappa shape index (κ2) is 12.7. The molecule has 0 spiro atoms. The lowest BCUT2D eigenvalue weighted by atomic mass is 10.2. The standard InChI is InChI=1S/C18H30N4OS/c1-4-8-17(23)22-16-10-7-9-15(13-16)14-21-18(19-2)20-11-5-6-12-24-3/h7,9-10,13H,4-6,8,11-12,14H2,1-3H3,(H,22,23)(H2,19,20,21). The number of nitrogens with one attached hydrogen (secondary N) is 3. The first-order valence-corrected chi connectivity index (χ1v) is 9.91. The molecule has 0 saturated heterocycles. The second-order valence-corrected chi connectivity index (χ2v) is 6.54. The Kier molecular flexibility index (Phi) is 10.8. The Hall–Kier alpha value is -1.69. The van der Waals surface area contributed by atoms with Crippen LogP contribution in [0, 0.1) is 0 Å². The fraction of sp³-hybridized carbons (Fsp3) is 0.556. The van der Waals surface area contributed by atoms with Crippen LogP contribution in [0.2, 0.25) is 0 Å². The molecule has 0 radical (unpaired) electrons. The molecule has 1 aromatic rings. The number of rotatable bonds is 10. The second-order valence-electron chi connectivity index (χ2n) is 5.55. The van der Waals surface area contributed by atoms with Crippen LogP contribution in [0.4, 0.5) is 5.69 Å². The maximum absolute atomic E-state index is 11.7. The number of anilines is 1. The van der Waals surface area contributed by atoms with Gasteiger partial charge in [-0.1, -0.05) is 19.1 Å². The van der Waals surface area contributed by atoms with Crippen molar-refractivity contribution in [1.29, 1.82) is 0 Å². The molecule has 6 heteroatoms. The number of nitrogens with zero attached hydrogens (tertiary/aromatic N) is 1. The van der Waals surface area contributed by atoms with Crippen LogP contribution in [0.5, 0.6) is 0 Å². The van der Waals surface area contributed by atoms with Gasteiger partial charge < -0.3 is 16.0 Å². The summed E-state index contributed by atoms with van der Waals surface area (Å²) in [5, 5.41) is 9.55. The first-order chi connectivity index (χ1) is 11.7. The Bertz CT molecular complexity index is 519. The average molecular weight is 351 g/mol. The number of benzene rings is 1. The number of carbonyl (C=O) groups excluding carboxylic acids is 1. The lowest BCUT2D eigenvalue weighted by molar-refractivity contribution is -0.116. The summed E-state index contributed by atoms with van der Waals surface area (Å²) < 4.78 is 0. The summed E-state index contributed by atoms with van der Waals surface area (Å²) in [6.07, 6.45) is 5.89. The maximum Gasteiger partial charge on any atom is 0.224 e. The van der Waals surface area contributed by atoms with Crippen molar-refractivity contribution in [3.63, 3.8) is 0 Å². The van der Waals surface area contributed by atoms with Crippen molar-refractivity contribution in [2.75, 3.05) is 30.9 Å². The molecule has 0 heterocycles. The van der Waals surface area contributed by atoms with Crippen molar-refractivity contribution in [2.45, 2.75) is 39.2 Å². The topological polar surface area (TPSA) is 65.5 Å². The fourth-order valence-electron chi connectivity index (χ4n) is 2.19. The van der Waals surface area contributed by atoms with Gasteiger partial charge in [-0.25, -0.2) is 0 Å². The lowest BCUT2D eigenvalue weighted by Gasteiger charge is -2.12. The molecule has 0 aliphatic heterocycles. The number of hydrogen-bond donors (Lipinski definition) is 3. The van der Waals surface area contributed by atoms with Crippen molar-refractivity contribution < 1.29 is 4.79 Å². The molecule has 0 bridgehead atoms. The normalized spacial score (nSPS) is 11.2. The zero-order chi connectivity index (χ0) is 17.6. The highest BCUT2D eigenvalue weighted by molar-refractivity contribution is 7.98. The predicted octanol–water partition coefficient (Wildman–Crippen LogP) is 3.23. The van der Waals surface area contributed by atoms with E-state index in [2.05, 4.69) is 27.2 Å². The number of thioether (sulfide) groups is 1. The summed E-state index contributed by atoms with van der Waals surface area (Å²) >= 11 is 1.88. The fourth-order valence-corrected chi connectivity index (χ4v) is 2.69. The molecular formula is C18H30N4OS. The summed E-state index contributed by atoms with van der Waals surface area (Å²) in [5.74, 6) is 2.06. The largest absolute Gasteiger partial charge is 0.356 e. The van der Waals surface area contributed by atoms with Crippen LogP contribution >= 0.6 is 11.8 Å². The molecule has 1 aromatic carbocycles. The molecule has 0 aliphatic carbocycles. The van der Waals surface area contributed by atoms with Crippen molar-refractivity contribution >= 4 is 29.3 Å². The van der Waals surface area contributed by atoms with Gasteiger partial charge in [0.1, 0.15) is 0 Å². The van der Waals surface area contributed by atoms with Gasteiger partial charge in [-0.3, -0.25) is 9.79 Å². The molecule has 0 unspecified atom stereocenters. The highest BCUT2D eigenvalue weighted by Crippen LogP contribution is 2.11. The van der Waals surface area contributed by atoms with E-state index in [1.165, 1.54) is 12.2 Å². The van der Waals surface area contributed by atoms with Crippen molar-refractivity contribution in [3.8, 4) is 0 Å². The number of aliphatic imine (C=N–C) groups is 1. The Morgan fingerprint density at radius 3 is 2.79 bits per heavy atom. The number of unbranched alkanes of at least 4 members (excludes halogenated alkanes) is 1. The third-order valence-corrected chi connectivity index (χ3v) is 4.14. The predicted molar refractivity (Wildman–Crippen MR) is 106 cm³/mol. The van der Waals surface area contributed by atoms with E-state index in [4.69, 9.17) is 0 Å². The maximum atomic E-state index is 11.7. The van der Waals surface area contributed by atoms with E-state index in [9.17, 15) is 4.79 Å². The van der Waals surface area contributed by atoms with E-state index in [0.717, 1.165) is 36.6 Å². The molecule has 1 rings (SSSR count). The monoisotopic (exact) mass is 350 g/mol. The molecule has 0 saturated carbocycles. The van der Waals surface area contributed by atoms with Gasteiger partial charge in [-0.05, 0) is 49.0 Å². The van der Waals surface area contributed by atoms with Crippen LogP contribution in [0.15, 0.2) is 29.3 Å². The van der Waals surface area contributed by atoms with Gasteiger partial charge in [-0.2, -0.15) is 11.8 Å². The average Bonchev–Trinajstić information content (AvgIpc) is 2.58. The van der Waals surface area contributed by atoms with Gasteiger partial charge in [0.2, 0.25) is 5.91 Å². The van der Waals surface area contributed by atoms with E-state index in [1.807, 2.05) is 43.0 Å². The van der Waals surface area contributed by atoms with Crippen molar-refractivity contribution in [3.05, 3.63) is 29.8 Å². The first-order valence-electron chi connectivity index (χ1n) is 8.51. The minimum Gasteiger partial charge on any atom is -0.356 e. The van der Waals surface area contributed by atoms with E-state index < -0.39 is 0 Å². The Labute approximate surface area is 150 Å². The van der Waals surface area contributed by atoms with Crippen molar-refractivity contribution in [2.24, 2.45) is 4.99 Å². The third kappa shape index (κ3) is 8.82. The van der Waals surface area contributed by atoms with Crippen LogP contribution in [-0.4, -0.2) is 37.5 Å². The Balaban J connectivity index is 2.40. The molecule has 0 atom stereocenters. The number of hydrogen-bond acceptors (Lipinski definition) is 3. The molecule has 134 valence electrons. The highest BCUT2D eigenvalue weighted by Gasteiger charge is 2.02. The molecule has 0 aliphatic rings. The van der Waals surface area contributed by atoms with Crippen LogP contribution in [0.1, 0.15) is 38.2 Å². The number of amides is 1. The zero-order valence-corrected chi connectivity index (χ0v) is 15.8. The quantitative estimate of drug-likeness (QED) is 0.344. The van der Waals surface area contributed by atoms with Gasteiger partial charge in [0.15, 0.2) is 5.96 Å². The minimum atomic E-state index is 0.0605. The summed E-state index contributed by atoms with van der Waals surface area (Å²) in [7, 11) is 1.78. The van der Waals surface area contributed by atoms with Crippen LogP contribution < -0.4 is 16.0 Å². The van der Waals surface area contributed by atoms with Crippen LogP contribution in [-0.2, 0) is 11.3 Å². The first kappa shape index (κ1) is 20.4. The molecule has 1 amide bonds. The van der Waals surface area contributed by atoms with Gasteiger partial charge in [0.05, 0.1) is 0 Å². The number of guanidine groups is 1. The summed E-state index contributed by atoms with van der Waals surface area (Å²) in [5.41, 5.74) is 1.95. The molecule has 3 N–H and O–H groups in total. The zero-order valence-electron chi connectivity index (χ0n) is 15.0. The SMILES string of the molecule is CCCC(=O)Nc1cccc(CNC(=NC)NCCCCSC)c1. The molecule has 5 nitrogen and oxygen atoms in total. The third-order valence-electron chi connectivity index (χ3n) is 3.44. The van der Waals surface area contributed by atoms with Crippen molar-refractivity contribution in [1.82, 2.24) is 10.6 Å². The summed E-state index contributed by atoms with van der Waals surface area (Å²) in [6.45, 7) is 3.59. The Morgan fingerprint density at radius 2 is 2.08 bits per heavy atom. The van der Waals surface area contributed by atoms with Gasteiger partial charge in [0, 0.05) is 32.2 Å². The Morgan fingerprint density at radius 1 is 1.25 bits per heavy atom. The smallest absolute Gasteiger partial charge is 0.224 e. The molecular weight excluding hydrogens is 320 g/mol. The van der Waals surface area contributed by atoms with Crippen LogP contribution in [0.3, 0.4) is 0 Å². The van der Waals surface area contributed by atoms with E-state index in [-0.39, 0.29) is 5.91 Å². The summed E-state index contributed by atoms with van der Waals surface area (Å²) in [4.78, 5) is 15.9. The van der Waals surface area contributed by atoms with Gasteiger partial charge in [0.25, 0.3) is 0 Å². The number of carbonyl (C=O) groups is 1. The van der Waals surface area contributed by atoms with Gasteiger partial charge in [-0.15, -0.1) is 0 Å². The molecule has 24 heavy (non-hydrogen) atoms. The van der Waals surface area contributed by atoms with Crippen LogP contribution in [0.25, 0.3) is 0 Å². The van der Waals surface area contributed by atoms with E-state index >= 15 is 0 Å².